The molecule has 2 unspecified atom stereocenters. The molecule has 1 aromatic heterocycles. The van der Waals surface area contributed by atoms with E-state index >= 15 is 0 Å². The molecule has 0 saturated carbocycles. The molecule has 120 valence electrons. The first-order chi connectivity index (χ1) is 11.1. The molecular weight excluding hydrogens is 312 g/mol. The quantitative estimate of drug-likeness (QED) is 0.905. The van der Waals surface area contributed by atoms with Crippen molar-refractivity contribution in [2.45, 2.75) is 25.4 Å². The van der Waals surface area contributed by atoms with Gasteiger partial charge in [-0.25, -0.2) is 0 Å². The van der Waals surface area contributed by atoms with Crippen molar-refractivity contribution < 1.29 is 14.3 Å². The van der Waals surface area contributed by atoms with Gasteiger partial charge in [0.15, 0.2) is 0 Å². The molecule has 0 saturated heterocycles. The molecule has 2 heterocycles. The fraction of sp³-hybridized carbons (Fsp3) is 0.294. The van der Waals surface area contributed by atoms with E-state index in [1.54, 1.807) is 13.0 Å². The largest absolute Gasteiger partial charge is 0.493 e. The Morgan fingerprint density at radius 1 is 1.26 bits per heavy atom. The van der Waals surface area contributed by atoms with E-state index in [4.69, 9.17) is 4.74 Å². The number of hydrogen-bond acceptors (Lipinski definition) is 4. The van der Waals surface area contributed by atoms with Crippen molar-refractivity contribution >= 4 is 23.2 Å². The highest BCUT2D eigenvalue weighted by Gasteiger charge is 2.25. The smallest absolute Gasteiger partial charge is 0.261 e. The molecule has 23 heavy (non-hydrogen) atoms. The first-order valence-electron chi connectivity index (χ1n) is 7.51. The van der Waals surface area contributed by atoms with Crippen molar-refractivity contribution in [3.63, 3.8) is 0 Å². The van der Waals surface area contributed by atoms with Gasteiger partial charge in [0.25, 0.3) is 5.91 Å². The van der Waals surface area contributed by atoms with E-state index in [0.29, 0.717) is 17.9 Å². The van der Waals surface area contributed by atoms with E-state index in [9.17, 15) is 9.59 Å². The highest BCUT2D eigenvalue weighted by atomic mass is 32.1. The van der Waals surface area contributed by atoms with Gasteiger partial charge in [-0.3, -0.25) is 9.59 Å². The molecular formula is C17H18N2O3S. The summed E-state index contributed by atoms with van der Waals surface area (Å²) in [6.45, 7) is 2.25. The summed E-state index contributed by atoms with van der Waals surface area (Å²) in [5.74, 6) is 0.381. The first-order valence-corrected chi connectivity index (χ1v) is 8.39. The lowest BCUT2D eigenvalue weighted by atomic mass is 10.0. The van der Waals surface area contributed by atoms with Crippen molar-refractivity contribution in [2.75, 3.05) is 6.61 Å². The molecule has 5 nitrogen and oxygen atoms in total. The molecule has 6 heteroatoms. The topological polar surface area (TPSA) is 67.4 Å². The van der Waals surface area contributed by atoms with Gasteiger partial charge < -0.3 is 15.4 Å². The maximum absolute atomic E-state index is 12.4. The number of fused-ring (bicyclic) bond motifs is 1. The summed E-state index contributed by atoms with van der Waals surface area (Å²) < 4.78 is 5.59. The summed E-state index contributed by atoms with van der Waals surface area (Å²) in [6.07, 6.45) is 0.717. The predicted octanol–water partition coefficient (Wildman–Crippen LogP) is 2.51. The number of ether oxygens (including phenoxy) is 1. The van der Waals surface area contributed by atoms with Crippen molar-refractivity contribution in [2.24, 2.45) is 0 Å². The minimum Gasteiger partial charge on any atom is -0.493 e. The number of thiophene rings is 1. The SMILES string of the molecule is CC(NC(=O)c1cccs1)C(=O)NC1CCOc2ccccc21. The van der Waals surface area contributed by atoms with Crippen LogP contribution >= 0.6 is 11.3 Å². The molecule has 1 aliphatic heterocycles. The third kappa shape index (κ3) is 3.53. The minimum atomic E-state index is -0.598. The lowest BCUT2D eigenvalue weighted by molar-refractivity contribution is -0.123. The summed E-state index contributed by atoms with van der Waals surface area (Å²) in [7, 11) is 0. The van der Waals surface area contributed by atoms with E-state index < -0.39 is 6.04 Å². The molecule has 2 amide bonds. The average molecular weight is 330 g/mol. The van der Waals surface area contributed by atoms with Crippen LogP contribution in [0.3, 0.4) is 0 Å². The van der Waals surface area contributed by atoms with Crippen LogP contribution in [0.5, 0.6) is 5.75 Å². The fourth-order valence-corrected chi connectivity index (χ4v) is 3.16. The van der Waals surface area contributed by atoms with Crippen LogP contribution in [-0.2, 0) is 4.79 Å². The Kier molecular flexibility index (Phi) is 4.62. The lowest BCUT2D eigenvalue weighted by Gasteiger charge is -2.27. The maximum atomic E-state index is 12.4. The van der Waals surface area contributed by atoms with Gasteiger partial charge in [0, 0.05) is 12.0 Å². The Hall–Kier alpha value is -2.34. The van der Waals surface area contributed by atoms with E-state index in [1.165, 1.54) is 11.3 Å². The van der Waals surface area contributed by atoms with Crippen LogP contribution in [0.2, 0.25) is 0 Å². The molecule has 0 spiro atoms. The van der Waals surface area contributed by atoms with Gasteiger partial charge in [0.2, 0.25) is 5.91 Å². The molecule has 1 aliphatic rings. The van der Waals surface area contributed by atoms with Crippen LogP contribution in [-0.4, -0.2) is 24.5 Å². The van der Waals surface area contributed by atoms with Crippen LogP contribution in [0.4, 0.5) is 0 Å². The van der Waals surface area contributed by atoms with Gasteiger partial charge in [0.05, 0.1) is 17.5 Å². The van der Waals surface area contributed by atoms with Gasteiger partial charge in [-0.2, -0.15) is 0 Å². The molecule has 1 aromatic carbocycles. The molecule has 2 N–H and O–H groups in total. The molecule has 0 bridgehead atoms. The third-order valence-electron chi connectivity index (χ3n) is 3.76. The van der Waals surface area contributed by atoms with E-state index in [1.807, 2.05) is 35.7 Å². The van der Waals surface area contributed by atoms with E-state index in [-0.39, 0.29) is 17.9 Å². The van der Waals surface area contributed by atoms with E-state index in [0.717, 1.165) is 11.3 Å². The Bertz CT molecular complexity index is 700. The minimum absolute atomic E-state index is 0.0893. The number of carbonyl (C=O) groups is 2. The number of benzene rings is 1. The molecule has 3 rings (SSSR count). The Labute approximate surface area is 138 Å². The van der Waals surface area contributed by atoms with Gasteiger partial charge in [0.1, 0.15) is 11.8 Å². The highest BCUT2D eigenvalue weighted by Crippen LogP contribution is 2.31. The predicted molar refractivity (Wildman–Crippen MR) is 88.7 cm³/mol. The standard InChI is InChI=1S/C17H18N2O3S/c1-11(18-17(21)15-7-4-10-23-15)16(20)19-13-8-9-22-14-6-3-2-5-12(13)14/h2-7,10-11,13H,8-9H2,1H3,(H,18,21)(H,19,20). The van der Waals surface area contributed by atoms with Gasteiger partial charge in [-0.15, -0.1) is 11.3 Å². The summed E-state index contributed by atoms with van der Waals surface area (Å²) in [5, 5.41) is 7.55. The first kappa shape index (κ1) is 15.6. The number of amides is 2. The maximum Gasteiger partial charge on any atom is 0.261 e. The van der Waals surface area contributed by atoms with Crippen LogP contribution in [0, 0.1) is 0 Å². The number of nitrogens with one attached hydrogen (secondary N) is 2. The van der Waals surface area contributed by atoms with Crippen molar-refractivity contribution in [3.05, 3.63) is 52.2 Å². The fourth-order valence-electron chi connectivity index (χ4n) is 2.53. The summed E-state index contributed by atoms with van der Waals surface area (Å²) in [6, 6.07) is 10.5. The molecule has 0 radical (unpaired) electrons. The second-order valence-electron chi connectivity index (χ2n) is 5.41. The van der Waals surface area contributed by atoms with Crippen molar-refractivity contribution in [3.8, 4) is 5.75 Å². The Morgan fingerprint density at radius 2 is 2.09 bits per heavy atom. The normalized spacial score (nSPS) is 17.5. The summed E-state index contributed by atoms with van der Waals surface area (Å²) in [5.41, 5.74) is 0.976. The zero-order chi connectivity index (χ0) is 16.2. The molecule has 0 aliphatic carbocycles. The highest BCUT2D eigenvalue weighted by molar-refractivity contribution is 7.12. The molecule has 2 atom stereocenters. The van der Waals surface area contributed by atoms with Crippen LogP contribution < -0.4 is 15.4 Å². The second kappa shape index (κ2) is 6.83. The lowest BCUT2D eigenvalue weighted by Crippen LogP contribution is -2.46. The second-order valence-corrected chi connectivity index (χ2v) is 6.36. The molecule has 0 fully saturated rings. The van der Waals surface area contributed by atoms with E-state index in [2.05, 4.69) is 10.6 Å². The van der Waals surface area contributed by atoms with Crippen molar-refractivity contribution in [1.82, 2.24) is 10.6 Å². The van der Waals surface area contributed by atoms with Gasteiger partial charge in [-0.1, -0.05) is 24.3 Å². The van der Waals surface area contributed by atoms with Crippen LogP contribution in [0.1, 0.15) is 34.6 Å². The number of para-hydroxylation sites is 1. The van der Waals surface area contributed by atoms with Crippen LogP contribution in [0.15, 0.2) is 41.8 Å². The summed E-state index contributed by atoms with van der Waals surface area (Å²) in [4.78, 5) is 25.0. The zero-order valence-electron chi connectivity index (χ0n) is 12.7. The monoisotopic (exact) mass is 330 g/mol. The number of hydrogen-bond donors (Lipinski definition) is 2. The average Bonchev–Trinajstić information content (AvgIpc) is 3.09. The van der Waals surface area contributed by atoms with Crippen molar-refractivity contribution in [1.29, 1.82) is 0 Å². The van der Waals surface area contributed by atoms with Gasteiger partial charge >= 0.3 is 0 Å². The van der Waals surface area contributed by atoms with Crippen LogP contribution in [0.25, 0.3) is 0 Å². The number of rotatable bonds is 4. The Balaban J connectivity index is 1.62. The van der Waals surface area contributed by atoms with Gasteiger partial charge in [-0.05, 0) is 24.4 Å². The number of carbonyl (C=O) groups excluding carboxylic acids is 2. The third-order valence-corrected chi connectivity index (χ3v) is 4.63. The zero-order valence-corrected chi connectivity index (χ0v) is 13.6. The summed E-state index contributed by atoms with van der Waals surface area (Å²) >= 11 is 1.35. The molecule has 2 aromatic rings. The Morgan fingerprint density at radius 3 is 2.87 bits per heavy atom.